The Bertz CT molecular complexity index is 452. The predicted molar refractivity (Wildman–Crippen MR) is 79.7 cm³/mol. The molecule has 1 aromatic rings. The van der Waals surface area contributed by atoms with Gasteiger partial charge in [0.05, 0.1) is 17.7 Å². The van der Waals surface area contributed by atoms with E-state index >= 15 is 0 Å². The first-order chi connectivity index (χ1) is 8.98. The van der Waals surface area contributed by atoms with Crippen LogP contribution in [0.2, 0.25) is 5.02 Å². The highest BCUT2D eigenvalue weighted by atomic mass is 35.5. The average molecular weight is 281 g/mol. The van der Waals surface area contributed by atoms with Gasteiger partial charge in [-0.1, -0.05) is 25.4 Å². The Labute approximate surface area is 120 Å². The molecule has 0 aliphatic rings. The second-order valence-electron chi connectivity index (χ2n) is 5.25. The van der Waals surface area contributed by atoms with Crippen LogP contribution in [-0.4, -0.2) is 13.2 Å². The minimum Gasteiger partial charge on any atom is -0.492 e. The normalized spacial score (nSPS) is 10.9. The van der Waals surface area contributed by atoms with Crippen molar-refractivity contribution in [2.75, 3.05) is 18.5 Å². The number of benzene rings is 1. The molecule has 0 saturated carbocycles. The Morgan fingerprint density at radius 2 is 2.16 bits per heavy atom. The minimum absolute atomic E-state index is 0.0841. The van der Waals surface area contributed by atoms with Crippen LogP contribution in [0.3, 0.4) is 0 Å². The van der Waals surface area contributed by atoms with Gasteiger partial charge in [-0.05, 0) is 37.0 Å². The minimum atomic E-state index is 0.0841. The molecule has 0 aliphatic carbocycles. The van der Waals surface area contributed by atoms with E-state index in [0.29, 0.717) is 23.8 Å². The van der Waals surface area contributed by atoms with Crippen LogP contribution in [0.4, 0.5) is 5.69 Å². The van der Waals surface area contributed by atoms with E-state index in [1.54, 1.807) is 0 Å². The lowest BCUT2D eigenvalue weighted by molar-refractivity contribution is 0.340. The first kappa shape index (κ1) is 15.7. The van der Waals surface area contributed by atoms with E-state index in [2.05, 4.69) is 25.2 Å². The molecule has 0 amide bonds. The van der Waals surface area contributed by atoms with E-state index in [0.717, 1.165) is 18.7 Å². The Morgan fingerprint density at radius 3 is 2.74 bits per heavy atom. The van der Waals surface area contributed by atoms with E-state index in [1.165, 1.54) is 0 Å². The fraction of sp³-hybridized carbons (Fsp3) is 0.533. The molecule has 104 valence electrons. The van der Waals surface area contributed by atoms with E-state index in [9.17, 15) is 0 Å². The third-order valence-electron chi connectivity index (χ3n) is 2.92. The molecule has 1 N–H and O–H groups in total. The highest BCUT2D eigenvalue weighted by Crippen LogP contribution is 2.29. The second kappa shape index (κ2) is 7.25. The molecule has 1 aromatic carbocycles. The summed E-state index contributed by atoms with van der Waals surface area (Å²) in [5, 5.41) is 12.6. The third-order valence-corrected chi connectivity index (χ3v) is 3.21. The SMILES string of the molecule is CCOc1ccc(NCC(C)(C)CCC#N)cc1Cl. The predicted octanol–water partition coefficient (Wildman–Crippen LogP) is 4.48. The van der Waals surface area contributed by atoms with Crippen LogP contribution in [0.5, 0.6) is 5.75 Å². The van der Waals surface area contributed by atoms with Crippen molar-refractivity contribution < 1.29 is 4.74 Å². The maximum Gasteiger partial charge on any atom is 0.138 e. The van der Waals surface area contributed by atoms with Crippen LogP contribution in [0.25, 0.3) is 0 Å². The lowest BCUT2D eigenvalue weighted by Gasteiger charge is -2.24. The zero-order valence-corrected chi connectivity index (χ0v) is 12.5. The number of nitrogens with zero attached hydrogens (tertiary/aromatic N) is 1. The molecule has 0 radical (unpaired) electrons. The van der Waals surface area contributed by atoms with E-state index < -0.39 is 0 Å². The molecule has 3 nitrogen and oxygen atoms in total. The summed E-state index contributed by atoms with van der Waals surface area (Å²) >= 11 is 6.13. The number of anilines is 1. The highest BCUT2D eigenvalue weighted by Gasteiger charge is 2.17. The lowest BCUT2D eigenvalue weighted by atomic mass is 9.88. The summed E-state index contributed by atoms with van der Waals surface area (Å²) < 4.78 is 5.39. The number of hydrogen-bond donors (Lipinski definition) is 1. The van der Waals surface area contributed by atoms with Crippen molar-refractivity contribution in [2.45, 2.75) is 33.6 Å². The molecular formula is C15H21ClN2O. The fourth-order valence-electron chi connectivity index (χ4n) is 1.71. The van der Waals surface area contributed by atoms with Crippen LogP contribution in [0.1, 0.15) is 33.6 Å². The Kier molecular flexibility index (Phi) is 5.98. The van der Waals surface area contributed by atoms with Gasteiger partial charge in [0.1, 0.15) is 5.75 Å². The number of nitriles is 1. The van der Waals surface area contributed by atoms with Gasteiger partial charge in [0.2, 0.25) is 0 Å². The zero-order valence-electron chi connectivity index (χ0n) is 11.8. The van der Waals surface area contributed by atoms with Crippen LogP contribution in [-0.2, 0) is 0 Å². The number of halogens is 1. The molecule has 0 unspecified atom stereocenters. The van der Waals surface area contributed by atoms with E-state index in [-0.39, 0.29) is 5.41 Å². The van der Waals surface area contributed by atoms with Crippen molar-refractivity contribution >= 4 is 17.3 Å². The molecule has 4 heteroatoms. The van der Waals surface area contributed by atoms with E-state index in [4.69, 9.17) is 21.6 Å². The molecule has 0 saturated heterocycles. The van der Waals surface area contributed by atoms with Crippen molar-refractivity contribution in [3.63, 3.8) is 0 Å². The van der Waals surface area contributed by atoms with Crippen molar-refractivity contribution in [1.29, 1.82) is 5.26 Å². The maximum atomic E-state index is 8.63. The molecular weight excluding hydrogens is 260 g/mol. The van der Waals surface area contributed by atoms with E-state index in [1.807, 2.05) is 25.1 Å². The smallest absolute Gasteiger partial charge is 0.138 e. The number of hydrogen-bond acceptors (Lipinski definition) is 3. The van der Waals surface area contributed by atoms with Crippen molar-refractivity contribution in [3.8, 4) is 11.8 Å². The van der Waals surface area contributed by atoms with Gasteiger partial charge < -0.3 is 10.1 Å². The fourth-order valence-corrected chi connectivity index (χ4v) is 1.94. The van der Waals surface area contributed by atoms with Gasteiger partial charge in [-0.3, -0.25) is 0 Å². The van der Waals surface area contributed by atoms with Gasteiger partial charge in [0.25, 0.3) is 0 Å². The summed E-state index contributed by atoms with van der Waals surface area (Å²) in [6.07, 6.45) is 1.46. The van der Waals surface area contributed by atoms with Gasteiger partial charge in [-0.15, -0.1) is 0 Å². The van der Waals surface area contributed by atoms with Crippen molar-refractivity contribution in [3.05, 3.63) is 23.2 Å². The van der Waals surface area contributed by atoms with Gasteiger partial charge in [0.15, 0.2) is 0 Å². The highest BCUT2D eigenvalue weighted by molar-refractivity contribution is 6.32. The quantitative estimate of drug-likeness (QED) is 0.801. The van der Waals surface area contributed by atoms with Crippen LogP contribution in [0.15, 0.2) is 18.2 Å². The van der Waals surface area contributed by atoms with Crippen LogP contribution >= 0.6 is 11.6 Å². The molecule has 0 fully saturated rings. The summed E-state index contributed by atoms with van der Waals surface area (Å²) in [5.41, 5.74) is 1.05. The molecule has 0 aromatic heterocycles. The topological polar surface area (TPSA) is 45.0 Å². The lowest BCUT2D eigenvalue weighted by Crippen LogP contribution is -2.22. The zero-order chi connectivity index (χ0) is 14.3. The number of nitrogens with one attached hydrogen (secondary N) is 1. The molecule has 0 aliphatic heterocycles. The Balaban J connectivity index is 2.59. The largest absolute Gasteiger partial charge is 0.492 e. The van der Waals surface area contributed by atoms with Gasteiger partial charge >= 0.3 is 0 Å². The first-order valence-electron chi connectivity index (χ1n) is 6.51. The standard InChI is InChI=1S/C15H21ClN2O/c1-4-19-14-7-6-12(10-13(14)16)18-11-15(2,3)8-5-9-17/h6-7,10,18H,4-5,8,11H2,1-3H3. The summed E-state index contributed by atoms with van der Waals surface area (Å²) in [5.74, 6) is 0.707. The van der Waals surface area contributed by atoms with Crippen LogP contribution < -0.4 is 10.1 Å². The molecule has 1 rings (SSSR count). The monoisotopic (exact) mass is 280 g/mol. The van der Waals surface area contributed by atoms with Crippen molar-refractivity contribution in [1.82, 2.24) is 0 Å². The number of ether oxygens (including phenoxy) is 1. The first-order valence-corrected chi connectivity index (χ1v) is 6.89. The molecule has 0 bridgehead atoms. The second-order valence-corrected chi connectivity index (χ2v) is 5.66. The Hall–Kier alpha value is -1.40. The summed E-state index contributed by atoms with van der Waals surface area (Å²) in [6.45, 7) is 7.63. The summed E-state index contributed by atoms with van der Waals surface area (Å²) in [4.78, 5) is 0. The van der Waals surface area contributed by atoms with Crippen molar-refractivity contribution in [2.24, 2.45) is 5.41 Å². The van der Waals surface area contributed by atoms with Gasteiger partial charge in [0, 0.05) is 18.7 Å². The third kappa shape index (κ3) is 5.40. The maximum absolute atomic E-state index is 8.63. The van der Waals surface area contributed by atoms with Crippen LogP contribution in [0, 0.1) is 16.7 Å². The summed E-state index contributed by atoms with van der Waals surface area (Å²) in [6, 6.07) is 7.88. The molecule has 0 heterocycles. The van der Waals surface area contributed by atoms with Gasteiger partial charge in [-0.25, -0.2) is 0 Å². The number of rotatable bonds is 7. The molecule has 0 spiro atoms. The summed E-state index contributed by atoms with van der Waals surface area (Å²) in [7, 11) is 0. The van der Waals surface area contributed by atoms with Gasteiger partial charge in [-0.2, -0.15) is 5.26 Å². The molecule has 0 atom stereocenters. The average Bonchev–Trinajstić information content (AvgIpc) is 2.37. The Morgan fingerprint density at radius 1 is 1.42 bits per heavy atom. The molecule has 19 heavy (non-hydrogen) atoms.